The summed E-state index contributed by atoms with van der Waals surface area (Å²) in [6, 6.07) is -2.00. The van der Waals surface area contributed by atoms with Crippen LogP contribution in [0.25, 0.3) is 0 Å². The molecule has 0 aromatic rings. The lowest BCUT2D eigenvalue weighted by Crippen LogP contribution is -2.51. The molecule has 0 aliphatic heterocycles. The molecule has 8 nitrogen and oxygen atoms in total. The normalized spacial score (nSPS) is 14.1. The van der Waals surface area contributed by atoms with Gasteiger partial charge in [-0.3, -0.25) is 14.4 Å². The zero-order chi connectivity index (χ0) is 12.7. The summed E-state index contributed by atoms with van der Waals surface area (Å²) in [4.78, 5) is 31.6. The van der Waals surface area contributed by atoms with Gasteiger partial charge in [0, 0.05) is 6.42 Å². The number of nitrogens with one attached hydrogen (secondary N) is 2. The highest BCUT2D eigenvalue weighted by Gasteiger charge is 2.19. The first-order chi connectivity index (χ1) is 7.34. The molecule has 8 heteroatoms. The Hall–Kier alpha value is -1.67. The average molecular weight is 233 g/mol. The van der Waals surface area contributed by atoms with Crippen molar-refractivity contribution in [2.75, 3.05) is 0 Å². The maximum absolute atomic E-state index is 10.7. The first-order valence-electron chi connectivity index (χ1n) is 4.59. The van der Waals surface area contributed by atoms with Gasteiger partial charge in [-0.15, -0.1) is 0 Å². The van der Waals surface area contributed by atoms with Crippen LogP contribution in [-0.4, -0.2) is 40.1 Å². The van der Waals surface area contributed by atoms with E-state index in [2.05, 4.69) is 10.9 Å². The van der Waals surface area contributed by atoms with E-state index in [1.54, 1.807) is 0 Å². The van der Waals surface area contributed by atoms with Crippen LogP contribution in [0.2, 0.25) is 0 Å². The molecule has 0 aromatic carbocycles. The lowest BCUT2D eigenvalue weighted by molar-refractivity contribution is -0.143. The molecule has 16 heavy (non-hydrogen) atoms. The van der Waals surface area contributed by atoms with E-state index >= 15 is 0 Å². The third-order valence-corrected chi connectivity index (χ3v) is 1.82. The van der Waals surface area contributed by atoms with Gasteiger partial charge < -0.3 is 15.9 Å². The van der Waals surface area contributed by atoms with Crippen LogP contribution in [0.15, 0.2) is 0 Å². The number of amides is 1. The van der Waals surface area contributed by atoms with Gasteiger partial charge in [0.2, 0.25) is 5.91 Å². The Bertz CT molecular complexity index is 281. The SMILES string of the molecule is C[C@H](NN[C@@H](CCC(N)=O)C(=O)O)C(=O)O. The molecule has 0 radical (unpaired) electrons. The summed E-state index contributed by atoms with van der Waals surface area (Å²) in [5.74, 6) is -2.92. The van der Waals surface area contributed by atoms with Crippen LogP contribution in [0.3, 0.4) is 0 Å². The van der Waals surface area contributed by atoms with Crippen LogP contribution in [0.1, 0.15) is 19.8 Å². The number of primary amides is 1. The van der Waals surface area contributed by atoms with Crippen LogP contribution in [0.4, 0.5) is 0 Å². The Morgan fingerprint density at radius 1 is 1.19 bits per heavy atom. The van der Waals surface area contributed by atoms with E-state index in [4.69, 9.17) is 15.9 Å². The van der Waals surface area contributed by atoms with Crippen molar-refractivity contribution in [3.63, 3.8) is 0 Å². The summed E-state index contributed by atoms with van der Waals surface area (Å²) in [6.07, 6.45) is -0.100. The fourth-order valence-electron chi connectivity index (χ4n) is 0.831. The van der Waals surface area contributed by atoms with E-state index in [0.29, 0.717) is 0 Å². The van der Waals surface area contributed by atoms with Crippen molar-refractivity contribution in [1.29, 1.82) is 0 Å². The zero-order valence-electron chi connectivity index (χ0n) is 8.77. The Morgan fingerprint density at radius 2 is 1.75 bits per heavy atom. The molecule has 1 amide bonds. The van der Waals surface area contributed by atoms with Gasteiger partial charge in [-0.25, -0.2) is 10.9 Å². The monoisotopic (exact) mass is 233 g/mol. The predicted octanol–water partition coefficient (Wildman–Crippen LogP) is -1.73. The molecule has 2 atom stereocenters. The van der Waals surface area contributed by atoms with Gasteiger partial charge in [-0.05, 0) is 13.3 Å². The molecule has 6 N–H and O–H groups in total. The van der Waals surface area contributed by atoms with Crippen molar-refractivity contribution in [1.82, 2.24) is 10.9 Å². The molecule has 0 fully saturated rings. The maximum atomic E-state index is 10.7. The van der Waals surface area contributed by atoms with Gasteiger partial charge in [-0.1, -0.05) is 0 Å². The molecule has 0 spiro atoms. The van der Waals surface area contributed by atoms with Crippen molar-refractivity contribution in [3.8, 4) is 0 Å². The number of hydrazine groups is 1. The Labute approximate surface area is 91.8 Å². The third-order valence-electron chi connectivity index (χ3n) is 1.82. The minimum Gasteiger partial charge on any atom is -0.480 e. The number of carboxylic acid groups (broad SMARTS) is 2. The molecule has 0 rings (SSSR count). The van der Waals surface area contributed by atoms with E-state index < -0.39 is 29.9 Å². The Morgan fingerprint density at radius 3 is 2.12 bits per heavy atom. The van der Waals surface area contributed by atoms with Crippen molar-refractivity contribution in [2.24, 2.45) is 5.73 Å². The highest BCUT2D eigenvalue weighted by atomic mass is 16.4. The fourth-order valence-corrected chi connectivity index (χ4v) is 0.831. The van der Waals surface area contributed by atoms with E-state index in [0.717, 1.165) is 0 Å². The number of carbonyl (C=O) groups excluding carboxylic acids is 1. The first kappa shape index (κ1) is 14.3. The number of rotatable bonds is 8. The molecule has 0 heterocycles. The Kier molecular flexibility index (Phi) is 6.04. The summed E-state index contributed by atoms with van der Waals surface area (Å²) in [5.41, 5.74) is 9.49. The van der Waals surface area contributed by atoms with Crippen LogP contribution in [0.5, 0.6) is 0 Å². The molecule has 0 unspecified atom stereocenters. The van der Waals surface area contributed by atoms with Gasteiger partial charge in [0.1, 0.15) is 12.1 Å². The van der Waals surface area contributed by atoms with Crippen molar-refractivity contribution < 1.29 is 24.6 Å². The molecule has 0 bridgehead atoms. The molecule has 92 valence electrons. The highest BCUT2D eigenvalue weighted by molar-refractivity contribution is 5.77. The molecular weight excluding hydrogens is 218 g/mol. The number of carboxylic acids is 2. The highest BCUT2D eigenvalue weighted by Crippen LogP contribution is 1.96. The third kappa shape index (κ3) is 5.94. The van der Waals surface area contributed by atoms with Gasteiger partial charge in [-0.2, -0.15) is 0 Å². The molecular formula is C8H15N3O5. The zero-order valence-corrected chi connectivity index (χ0v) is 8.77. The van der Waals surface area contributed by atoms with E-state index in [1.807, 2.05) is 0 Å². The van der Waals surface area contributed by atoms with Crippen LogP contribution in [0, 0.1) is 0 Å². The van der Waals surface area contributed by atoms with Gasteiger partial charge in [0.25, 0.3) is 0 Å². The molecule has 0 saturated heterocycles. The van der Waals surface area contributed by atoms with Crippen LogP contribution in [-0.2, 0) is 14.4 Å². The number of hydrogen-bond acceptors (Lipinski definition) is 5. The second-order valence-corrected chi connectivity index (χ2v) is 3.24. The average Bonchev–Trinajstić information content (AvgIpc) is 2.15. The van der Waals surface area contributed by atoms with E-state index in [9.17, 15) is 14.4 Å². The number of nitrogens with two attached hydrogens (primary N) is 1. The van der Waals surface area contributed by atoms with E-state index in [1.165, 1.54) is 6.92 Å². The van der Waals surface area contributed by atoms with Crippen molar-refractivity contribution >= 4 is 17.8 Å². The minimum atomic E-state index is -1.19. The van der Waals surface area contributed by atoms with Crippen LogP contribution >= 0.6 is 0 Å². The van der Waals surface area contributed by atoms with Crippen molar-refractivity contribution in [3.05, 3.63) is 0 Å². The van der Waals surface area contributed by atoms with Crippen molar-refractivity contribution in [2.45, 2.75) is 31.8 Å². The summed E-state index contributed by atoms with van der Waals surface area (Å²) in [6.45, 7) is 1.35. The maximum Gasteiger partial charge on any atom is 0.322 e. The number of aliphatic carboxylic acids is 2. The van der Waals surface area contributed by atoms with Gasteiger partial charge in [0.05, 0.1) is 0 Å². The second-order valence-electron chi connectivity index (χ2n) is 3.24. The van der Waals surface area contributed by atoms with Gasteiger partial charge in [0.15, 0.2) is 0 Å². The minimum absolute atomic E-state index is 0.00991. The molecule has 0 saturated carbocycles. The summed E-state index contributed by atoms with van der Waals surface area (Å²) >= 11 is 0. The topological polar surface area (TPSA) is 142 Å². The Balaban J connectivity index is 4.09. The first-order valence-corrected chi connectivity index (χ1v) is 4.59. The quantitative estimate of drug-likeness (QED) is 0.313. The lowest BCUT2D eigenvalue weighted by Gasteiger charge is -2.16. The predicted molar refractivity (Wildman–Crippen MR) is 53.2 cm³/mol. The standard InChI is InChI=1S/C8H15N3O5/c1-4(7(13)14)10-11-5(8(15)16)2-3-6(9)12/h4-5,10-11H,2-3H2,1H3,(H2,9,12)(H,13,14)(H,15,16)/t4-,5-/m0/s1. The number of hydrogen-bond donors (Lipinski definition) is 5. The largest absolute Gasteiger partial charge is 0.480 e. The summed E-state index contributed by atoms with van der Waals surface area (Å²) in [7, 11) is 0. The molecule has 0 aliphatic carbocycles. The van der Waals surface area contributed by atoms with E-state index in [-0.39, 0.29) is 12.8 Å². The van der Waals surface area contributed by atoms with Crippen LogP contribution < -0.4 is 16.6 Å². The summed E-state index contributed by atoms with van der Waals surface area (Å²) in [5, 5.41) is 17.3. The molecule has 0 aromatic heterocycles. The molecule has 0 aliphatic rings. The van der Waals surface area contributed by atoms with Gasteiger partial charge >= 0.3 is 11.9 Å². The fraction of sp³-hybridized carbons (Fsp3) is 0.625. The summed E-state index contributed by atoms with van der Waals surface area (Å²) < 4.78 is 0. The lowest BCUT2D eigenvalue weighted by atomic mass is 10.1. The smallest absolute Gasteiger partial charge is 0.322 e. The second kappa shape index (κ2) is 6.75. The number of carbonyl (C=O) groups is 3.